The summed E-state index contributed by atoms with van der Waals surface area (Å²) in [5.41, 5.74) is 0.617. The number of carbonyl (C=O) groups is 3. The lowest BCUT2D eigenvalue weighted by atomic mass is 10.3. The number of aliphatic carboxylic acids is 1. The van der Waals surface area contributed by atoms with Crippen LogP contribution in [0.1, 0.15) is 6.42 Å². The van der Waals surface area contributed by atoms with Crippen molar-refractivity contribution >= 4 is 35.1 Å². The van der Waals surface area contributed by atoms with Crippen molar-refractivity contribution in [2.24, 2.45) is 4.99 Å². The number of hydrogen-bond donors (Lipinski definition) is 1. The maximum absolute atomic E-state index is 11.7. The second-order valence-corrected chi connectivity index (χ2v) is 4.33. The highest BCUT2D eigenvalue weighted by molar-refractivity contribution is 8.18. The summed E-state index contributed by atoms with van der Waals surface area (Å²) in [7, 11) is 0. The zero-order valence-corrected chi connectivity index (χ0v) is 9.44. The smallest absolute Gasteiger partial charge is 0.323 e. The molecule has 0 aromatic heterocycles. The number of rotatable bonds is 3. The van der Waals surface area contributed by atoms with E-state index in [1.54, 1.807) is 6.21 Å². The van der Waals surface area contributed by atoms with E-state index in [1.807, 2.05) is 6.08 Å². The summed E-state index contributed by atoms with van der Waals surface area (Å²) in [6.07, 6.45) is 5.69. The van der Waals surface area contributed by atoms with E-state index in [0.717, 1.165) is 11.8 Å². The van der Waals surface area contributed by atoms with E-state index >= 15 is 0 Å². The number of hydrogen-bond acceptors (Lipinski definition) is 5. The van der Waals surface area contributed by atoms with Gasteiger partial charge in [-0.05, 0) is 17.8 Å². The molecule has 0 aromatic rings. The van der Waals surface area contributed by atoms with E-state index < -0.39 is 23.7 Å². The molecule has 2 amide bonds. The van der Waals surface area contributed by atoms with Crippen LogP contribution in [0, 0.1) is 0 Å². The van der Waals surface area contributed by atoms with Gasteiger partial charge in [0.2, 0.25) is 0 Å². The minimum absolute atomic E-state index is 0.210. The first-order valence-electron chi connectivity index (χ1n) is 4.78. The van der Waals surface area contributed by atoms with Gasteiger partial charge >= 0.3 is 5.97 Å². The Hall–Kier alpha value is -1.89. The number of thioether (sulfide) groups is 1. The van der Waals surface area contributed by atoms with Crippen LogP contribution in [0.5, 0.6) is 0 Å². The predicted octanol–water partition coefficient (Wildman–Crippen LogP) is 1.01. The average molecular weight is 252 g/mol. The van der Waals surface area contributed by atoms with Crippen LogP contribution in [0.4, 0.5) is 4.79 Å². The lowest BCUT2D eigenvalue weighted by Crippen LogP contribution is -2.33. The van der Waals surface area contributed by atoms with Gasteiger partial charge in [0.25, 0.3) is 11.1 Å². The fraction of sp³-hybridized carbons (Fsp3) is 0.200. The zero-order chi connectivity index (χ0) is 12.4. The fourth-order valence-corrected chi connectivity index (χ4v) is 2.21. The lowest BCUT2D eigenvalue weighted by Gasteiger charge is -2.07. The highest BCUT2D eigenvalue weighted by Crippen LogP contribution is 2.31. The molecule has 0 unspecified atom stereocenters. The first-order valence-corrected chi connectivity index (χ1v) is 5.59. The van der Waals surface area contributed by atoms with E-state index in [2.05, 4.69) is 4.99 Å². The molecule has 0 aliphatic carbocycles. The number of allylic oxidation sites excluding steroid dienone is 2. The molecule has 6 nitrogen and oxygen atoms in total. The number of carboxylic acid groups (broad SMARTS) is 1. The molecule has 0 saturated carbocycles. The second-order valence-electron chi connectivity index (χ2n) is 3.34. The van der Waals surface area contributed by atoms with Crippen LogP contribution in [0.15, 0.2) is 27.7 Å². The summed E-state index contributed by atoms with van der Waals surface area (Å²) in [4.78, 5) is 38.5. The molecule has 0 radical (unpaired) electrons. The number of carbonyl (C=O) groups excluding carboxylic acids is 2. The first-order chi connectivity index (χ1) is 8.08. The Bertz CT molecular complexity index is 493. The summed E-state index contributed by atoms with van der Waals surface area (Å²) in [6, 6.07) is 0. The monoisotopic (exact) mass is 252 g/mol. The predicted molar refractivity (Wildman–Crippen MR) is 61.6 cm³/mol. The highest BCUT2D eigenvalue weighted by atomic mass is 32.2. The third-order valence-corrected chi connectivity index (χ3v) is 3.03. The molecule has 2 heterocycles. The molecule has 2 aliphatic rings. The summed E-state index contributed by atoms with van der Waals surface area (Å²) in [6.45, 7) is -0.607. The SMILES string of the molecule is O=C(O)CN1C(=O)S/C(=C\C2=CCC=N2)C1=O. The molecule has 1 N–H and O–H groups in total. The molecule has 0 bridgehead atoms. The first kappa shape index (κ1) is 11.6. The van der Waals surface area contributed by atoms with Crippen molar-refractivity contribution in [2.45, 2.75) is 6.42 Å². The van der Waals surface area contributed by atoms with Crippen LogP contribution < -0.4 is 0 Å². The summed E-state index contributed by atoms with van der Waals surface area (Å²) < 4.78 is 0. The molecule has 0 aromatic carbocycles. The van der Waals surface area contributed by atoms with Crippen molar-refractivity contribution in [3.63, 3.8) is 0 Å². The van der Waals surface area contributed by atoms with Crippen molar-refractivity contribution in [1.29, 1.82) is 0 Å². The van der Waals surface area contributed by atoms with Gasteiger partial charge in [0.05, 0.1) is 10.6 Å². The number of aliphatic imine (C=N–C) groups is 1. The van der Waals surface area contributed by atoms with Gasteiger partial charge < -0.3 is 5.11 Å². The molecule has 2 rings (SSSR count). The molecule has 88 valence electrons. The Kier molecular flexibility index (Phi) is 3.10. The zero-order valence-electron chi connectivity index (χ0n) is 8.62. The second kappa shape index (κ2) is 4.54. The van der Waals surface area contributed by atoms with Crippen molar-refractivity contribution in [2.75, 3.05) is 6.54 Å². The molecule has 1 fully saturated rings. The van der Waals surface area contributed by atoms with E-state index in [0.29, 0.717) is 17.0 Å². The summed E-state index contributed by atoms with van der Waals surface area (Å²) in [5.74, 6) is -1.79. The Morgan fingerprint density at radius 3 is 2.94 bits per heavy atom. The van der Waals surface area contributed by atoms with Crippen molar-refractivity contribution in [3.8, 4) is 0 Å². The van der Waals surface area contributed by atoms with Gasteiger partial charge in [-0.25, -0.2) is 0 Å². The van der Waals surface area contributed by atoms with Gasteiger partial charge in [-0.3, -0.25) is 24.3 Å². The van der Waals surface area contributed by atoms with Gasteiger partial charge in [0.15, 0.2) is 0 Å². The Morgan fingerprint density at radius 1 is 1.59 bits per heavy atom. The Balaban J connectivity index is 2.18. The van der Waals surface area contributed by atoms with Crippen molar-refractivity contribution in [1.82, 2.24) is 4.90 Å². The highest BCUT2D eigenvalue weighted by Gasteiger charge is 2.36. The van der Waals surface area contributed by atoms with E-state index in [-0.39, 0.29) is 4.91 Å². The Morgan fingerprint density at radius 2 is 2.35 bits per heavy atom. The maximum Gasteiger partial charge on any atom is 0.323 e. The molecule has 0 spiro atoms. The molecule has 17 heavy (non-hydrogen) atoms. The average Bonchev–Trinajstić information content (AvgIpc) is 2.83. The summed E-state index contributed by atoms with van der Waals surface area (Å²) in [5, 5.41) is 8.01. The third-order valence-electron chi connectivity index (χ3n) is 2.12. The molecular weight excluding hydrogens is 244 g/mol. The lowest BCUT2D eigenvalue weighted by molar-refractivity contribution is -0.140. The van der Waals surface area contributed by atoms with E-state index in [1.165, 1.54) is 6.08 Å². The molecule has 1 saturated heterocycles. The molecular formula is C10H8N2O4S. The van der Waals surface area contributed by atoms with E-state index in [4.69, 9.17) is 5.11 Å². The normalized spacial score (nSPS) is 21.5. The Labute approximate surface area is 101 Å². The number of amides is 2. The van der Waals surface area contributed by atoms with Gasteiger partial charge in [-0.1, -0.05) is 6.08 Å². The minimum Gasteiger partial charge on any atom is -0.480 e. The van der Waals surface area contributed by atoms with Gasteiger partial charge in [-0.15, -0.1) is 0 Å². The quantitative estimate of drug-likeness (QED) is 0.757. The van der Waals surface area contributed by atoms with Gasteiger partial charge in [0, 0.05) is 12.6 Å². The largest absolute Gasteiger partial charge is 0.480 e. The summed E-state index contributed by atoms with van der Waals surface area (Å²) >= 11 is 0.731. The van der Waals surface area contributed by atoms with Crippen LogP contribution in [0.3, 0.4) is 0 Å². The third kappa shape index (κ3) is 2.44. The maximum atomic E-state index is 11.7. The number of carboxylic acids is 1. The number of nitrogens with zero attached hydrogens (tertiary/aromatic N) is 2. The van der Waals surface area contributed by atoms with Crippen LogP contribution in [0.2, 0.25) is 0 Å². The topological polar surface area (TPSA) is 87.0 Å². The van der Waals surface area contributed by atoms with Crippen molar-refractivity contribution in [3.05, 3.63) is 22.8 Å². The molecule has 0 atom stereocenters. The fourth-order valence-electron chi connectivity index (χ4n) is 1.39. The van der Waals surface area contributed by atoms with Crippen LogP contribution in [-0.2, 0) is 9.59 Å². The number of imide groups is 1. The van der Waals surface area contributed by atoms with Crippen molar-refractivity contribution < 1.29 is 19.5 Å². The van der Waals surface area contributed by atoms with Crippen LogP contribution >= 0.6 is 11.8 Å². The van der Waals surface area contributed by atoms with Crippen LogP contribution in [-0.4, -0.2) is 39.9 Å². The minimum atomic E-state index is -1.22. The molecule has 7 heteroatoms. The standard InChI is InChI=1S/C10H8N2O4S/c13-8(14)5-12-9(15)7(17-10(12)16)4-6-2-1-3-11-6/h2-4H,1,5H2,(H,13,14)/b7-4-. The van der Waals surface area contributed by atoms with E-state index in [9.17, 15) is 14.4 Å². The van der Waals surface area contributed by atoms with Gasteiger partial charge in [-0.2, -0.15) is 0 Å². The van der Waals surface area contributed by atoms with Crippen LogP contribution in [0.25, 0.3) is 0 Å². The van der Waals surface area contributed by atoms with Gasteiger partial charge in [0.1, 0.15) is 6.54 Å². The molecule has 2 aliphatic heterocycles.